The highest BCUT2D eigenvalue weighted by Crippen LogP contribution is 2.33. The Bertz CT molecular complexity index is 1880. The van der Waals surface area contributed by atoms with Crippen LogP contribution in [0.3, 0.4) is 0 Å². The van der Waals surface area contributed by atoms with Crippen molar-refractivity contribution in [2.45, 2.75) is 43.5 Å². The molecule has 4 N–H and O–H groups in total. The van der Waals surface area contributed by atoms with Crippen LogP contribution >= 0.6 is 0 Å². The maximum absolute atomic E-state index is 13.2. The Morgan fingerprint density at radius 1 is 1.00 bits per heavy atom. The smallest absolute Gasteiger partial charge is 0.433 e. The monoisotopic (exact) mass is 661 g/mol. The van der Waals surface area contributed by atoms with Crippen molar-refractivity contribution in [1.29, 1.82) is 0 Å². The number of hydrogen-bond donors (Lipinski definition) is 4. The third-order valence-corrected chi connectivity index (χ3v) is 7.06. The normalized spacial score (nSPS) is 21.3. The Labute approximate surface area is 260 Å². The van der Waals surface area contributed by atoms with Crippen LogP contribution in [0.5, 0.6) is 5.75 Å². The molecule has 1 fully saturated rings. The van der Waals surface area contributed by atoms with Gasteiger partial charge in [0.05, 0.1) is 16.0 Å². The molecule has 2 aromatic heterocycles. The predicted octanol–water partition coefficient (Wildman–Crippen LogP) is 2.65. The molecule has 0 bridgehead atoms. The highest BCUT2D eigenvalue weighted by atomic mass is 19.4. The Balaban J connectivity index is 1.35. The Kier molecular flexibility index (Phi) is 8.94. The number of aromatic nitrogens is 2. The van der Waals surface area contributed by atoms with E-state index in [1.54, 1.807) is 6.07 Å². The fraction of sp³-hybridized carbons (Fsp3) is 0.241. The SMILES string of the molecule is O=C(c1cccc(C(F)(F)F)n1)c1cn(C(=O)OCc2ccc(O[C@@H]3O[C@H](C(=O)O)[C@@H](O)[C@H](O)[C@H]3O)c([N+](=O)[O-])c2)c2ccccc12. The number of ether oxygens (including phenoxy) is 3. The van der Waals surface area contributed by atoms with Gasteiger partial charge in [0.2, 0.25) is 12.1 Å². The first-order valence-electron chi connectivity index (χ1n) is 13.4. The summed E-state index contributed by atoms with van der Waals surface area (Å²) in [6, 6.07) is 12.0. The first-order chi connectivity index (χ1) is 22.2. The molecule has 0 unspecified atom stereocenters. The van der Waals surface area contributed by atoms with Gasteiger partial charge in [-0.25, -0.2) is 14.6 Å². The first-order valence-corrected chi connectivity index (χ1v) is 13.4. The summed E-state index contributed by atoms with van der Waals surface area (Å²) in [4.78, 5) is 51.9. The molecule has 1 saturated heterocycles. The van der Waals surface area contributed by atoms with E-state index in [1.807, 2.05) is 0 Å². The van der Waals surface area contributed by atoms with E-state index in [0.29, 0.717) is 6.07 Å². The minimum atomic E-state index is -4.80. The molecule has 15 nitrogen and oxygen atoms in total. The molecule has 0 saturated carbocycles. The minimum Gasteiger partial charge on any atom is -0.479 e. The number of hydrogen-bond acceptors (Lipinski definition) is 12. The number of nitrogens with zero attached hydrogens (tertiary/aromatic N) is 3. The number of rotatable bonds is 8. The minimum absolute atomic E-state index is 0.0577. The lowest BCUT2D eigenvalue weighted by atomic mass is 9.99. The fourth-order valence-electron chi connectivity index (χ4n) is 4.75. The average Bonchev–Trinajstić information content (AvgIpc) is 3.43. The molecule has 1 aliphatic rings. The number of aliphatic carboxylic acids is 1. The van der Waals surface area contributed by atoms with Gasteiger partial charge >= 0.3 is 23.9 Å². The summed E-state index contributed by atoms with van der Waals surface area (Å²) in [5, 5.41) is 51.2. The summed E-state index contributed by atoms with van der Waals surface area (Å²) in [5.74, 6) is -3.11. The first kappa shape index (κ1) is 32.9. The van der Waals surface area contributed by atoms with Crippen molar-refractivity contribution in [3.05, 3.63) is 99.5 Å². The molecule has 0 radical (unpaired) electrons. The number of halogens is 3. The summed E-state index contributed by atoms with van der Waals surface area (Å²) in [6.07, 6.45) is -14.7. The second-order valence-corrected chi connectivity index (χ2v) is 10.1. The van der Waals surface area contributed by atoms with Gasteiger partial charge in [-0.2, -0.15) is 13.2 Å². The molecule has 5 rings (SSSR count). The van der Waals surface area contributed by atoms with Gasteiger partial charge in [-0.1, -0.05) is 30.3 Å². The summed E-state index contributed by atoms with van der Waals surface area (Å²) in [7, 11) is 0. The zero-order chi connectivity index (χ0) is 34.2. The summed E-state index contributed by atoms with van der Waals surface area (Å²) in [5.41, 5.74) is -2.43. The number of para-hydroxylation sites is 1. The number of aliphatic hydroxyl groups is 3. The van der Waals surface area contributed by atoms with Crippen LogP contribution in [0, 0.1) is 10.1 Å². The topological polar surface area (TPSA) is 221 Å². The van der Waals surface area contributed by atoms with Crippen LogP contribution in [-0.4, -0.2) is 83.5 Å². The van der Waals surface area contributed by atoms with E-state index in [-0.39, 0.29) is 22.0 Å². The van der Waals surface area contributed by atoms with Gasteiger partial charge in [0.1, 0.15) is 36.3 Å². The van der Waals surface area contributed by atoms with Gasteiger partial charge in [-0.15, -0.1) is 0 Å². The zero-order valence-electron chi connectivity index (χ0n) is 23.5. The van der Waals surface area contributed by atoms with Gasteiger partial charge in [-0.05, 0) is 29.8 Å². The second-order valence-electron chi connectivity index (χ2n) is 10.1. The van der Waals surface area contributed by atoms with Crippen LogP contribution in [0.25, 0.3) is 10.9 Å². The lowest BCUT2D eigenvalue weighted by Crippen LogP contribution is -2.61. The summed E-state index contributed by atoms with van der Waals surface area (Å²) >= 11 is 0. The summed E-state index contributed by atoms with van der Waals surface area (Å²) < 4.78 is 56.0. The van der Waals surface area contributed by atoms with E-state index in [2.05, 4.69) is 4.98 Å². The van der Waals surface area contributed by atoms with Crippen molar-refractivity contribution in [1.82, 2.24) is 9.55 Å². The number of fused-ring (bicyclic) bond motifs is 1. The van der Waals surface area contributed by atoms with E-state index >= 15 is 0 Å². The van der Waals surface area contributed by atoms with E-state index in [0.717, 1.165) is 35.0 Å². The number of carbonyl (C=O) groups excluding carboxylic acids is 2. The van der Waals surface area contributed by atoms with Crippen LogP contribution in [0.2, 0.25) is 0 Å². The van der Waals surface area contributed by atoms with Crippen molar-refractivity contribution < 1.29 is 67.1 Å². The number of carboxylic acid groups (broad SMARTS) is 1. The molecule has 5 atom stereocenters. The van der Waals surface area contributed by atoms with E-state index in [1.165, 1.54) is 24.3 Å². The van der Waals surface area contributed by atoms with Crippen LogP contribution in [-0.2, 0) is 27.1 Å². The van der Waals surface area contributed by atoms with Crippen molar-refractivity contribution in [2.24, 2.45) is 0 Å². The molecule has 0 spiro atoms. The maximum Gasteiger partial charge on any atom is 0.433 e. The van der Waals surface area contributed by atoms with E-state index in [9.17, 15) is 58.1 Å². The van der Waals surface area contributed by atoms with Crippen LogP contribution in [0.4, 0.5) is 23.7 Å². The average molecular weight is 661 g/mol. The van der Waals surface area contributed by atoms with Crippen LogP contribution in [0.1, 0.15) is 27.3 Å². The molecule has 18 heteroatoms. The predicted molar refractivity (Wildman–Crippen MR) is 148 cm³/mol. The molecule has 2 aromatic carbocycles. The quantitative estimate of drug-likeness (QED) is 0.121. The molecular formula is C29H22F3N3O12. The largest absolute Gasteiger partial charge is 0.479 e. The Morgan fingerprint density at radius 2 is 1.72 bits per heavy atom. The molecule has 246 valence electrons. The molecular weight excluding hydrogens is 639 g/mol. The highest BCUT2D eigenvalue weighted by Gasteiger charge is 2.48. The van der Waals surface area contributed by atoms with Crippen molar-refractivity contribution >= 4 is 34.4 Å². The number of ketones is 1. The molecule has 4 aromatic rings. The molecule has 1 aliphatic heterocycles. The summed E-state index contributed by atoms with van der Waals surface area (Å²) in [6.45, 7) is -0.556. The van der Waals surface area contributed by atoms with Crippen molar-refractivity contribution in [3.8, 4) is 5.75 Å². The number of carboxylic acids is 1. The second kappa shape index (κ2) is 12.8. The van der Waals surface area contributed by atoms with Crippen LogP contribution in [0.15, 0.2) is 66.9 Å². The van der Waals surface area contributed by atoms with Gasteiger partial charge in [0.15, 0.2) is 11.9 Å². The Morgan fingerprint density at radius 3 is 2.40 bits per heavy atom. The zero-order valence-corrected chi connectivity index (χ0v) is 23.5. The maximum atomic E-state index is 13.2. The highest BCUT2D eigenvalue weighted by molar-refractivity contribution is 6.16. The number of benzene rings is 2. The van der Waals surface area contributed by atoms with E-state index < -0.39 is 89.1 Å². The van der Waals surface area contributed by atoms with Crippen molar-refractivity contribution in [3.63, 3.8) is 0 Å². The van der Waals surface area contributed by atoms with Gasteiger partial charge in [-0.3, -0.25) is 19.5 Å². The number of nitro benzene ring substituents is 1. The standard InChI is InChI=1S/C29H22F3N3O12/c30-29(31,32)20-7-3-5-16(33-20)21(36)15-11-34(17-6-2-1-4-14(15)17)28(42)45-12-13-8-9-19(18(10-13)35(43)44)46-27-24(39)22(37)23(38)25(47-27)26(40)41/h1-11,22-25,27,37-39H,12H2,(H,40,41)/t22-,23-,24+,25-,27+/m0/s1. The van der Waals surface area contributed by atoms with Gasteiger partial charge in [0, 0.05) is 17.6 Å². The third-order valence-electron chi connectivity index (χ3n) is 7.06. The number of aliphatic hydroxyl groups excluding tert-OH is 3. The van der Waals surface area contributed by atoms with Gasteiger partial charge in [0.25, 0.3) is 0 Å². The fourth-order valence-corrected chi connectivity index (χ4v) is 4.75. The molecule has 0 aliphatic carbocycles. The lowest BCUT2D eigenvalue weighted by Gasteiger charge is -2.38. The van der Waals surface area contributed by atoms with Crippen LogP contribution < -0.4 is 4.74 Å². The molecule has 0 amide bonds. The lowest BCUT2D eigenvalue weighted by molar-refractivity contribution is -0.387. The Hall–Kier alpha value is -5.43. The number of pyridine rings is 1. The number of carbonyl (C=O) groups is 3. The third kappa shape index (κ3) is 6.61. The molecule has 3 heterocycles. The number of nitro groups is 1. The van der Waals surface area contributed by atoms with E-state index in [4.69, 9.17) is 14.2 Å². The molecule has 47 heavy (non-hydrogen) atoms. The van der Waals surface area contributed by atoms with Crippen molar-refractivity contribution in [2.75, 3.05) is 0 Å². The number of alkyl halides is 3. The van der Waals surface area contributed by atoms with Gasteiger partial charge < -0.3 is 34.6 Å².